The van der Waals surface area contributed by atoms with Crippen molar-refractivity contribution in [3.05, 3.63) is 81.8 Å². The van der Waals surface area contributed by atoms with Gasteiger partial charge in [-0.05, 0) is 35.7 Å². The number of hydrogen-bond acceptors (Lipinski definition) is 5. The number of amides is 1. The van der Waals surface area contributed by atoms with Gasteiger partial charge in [0.05, 0.1) is 23.0 Å². The fraction of sp³-hybridized carbons (Fsp3) is 0.136. The fourth-order valence-electron chi connectivity index (χ4n) is 2.99. The molecule has 2 aromatic heterocycles. The summed E-state index contributed by atoms with van der Waals surface area (Å²) in [5.41, 5.74) is 0.928. The van der Waals surface area contributed by atoms with Gasteiger partial charge in [-0.3, -0.25) is 9.36 Å². The van der Waals surface area contributed by atoms with Crippen LogP contribution in [-0.4, -0.2) is 38.4 Å². The van der Waals surface area contributed by atoms with E-state index in [4.69, 9.17) is 11.6 Å². The lowest BCUT2D eigenvalue weighted by Crippen LogP contribution is -2.27. The molecule has 5 nitrogen and oxygen atoms in total. The van der Waals surface area contributed by atoms with E-state index < -0.39 is 5.82 Å². The Hall–Kier alpha value is -2.68. The van der Waals surface area contributed by atoms with Crippen molar-refractivity contribution >= 4 is 40.6 Å². The first-order valence-electron chi connectivity index (χ1n) is 9.39. The first-order chi connectivity index (χ1) is 15.0. The molecule has 0 aliphatic heterocycles. The summed E-state index contributed by atoms with van der Waals surface area (Å²) < 4.78 is 16.3. The third kappa shape index (κ3) is 4.81. The molecule has 0 bridgehead atoms. The van der Waals surface area contributed by atoms with Gasteiger partial charge in [-0.1, -0.05) is 53.7 Å². The molecule has 0 fully saturated rings. The fourth-order valence-corrected chi connectivity index (χ4v) is 4.85. The van der Waals surface area contributed by atoms with Crippen molar-refractivity contribution in [3.8, 4) is 17.1 Å². The van der Waals surface area contributed by atoms with Crippen molar-refractivity contribution in [1.29, 1.82) is 0 Å². The highest BCUT2D eigenvalue weighted by molar-refractivity contribution is 7.99. The molecule has 31 heavy (non-hydrogen) atoms. The highest BCUT2D eigenvalue weighted by Crippen LogP contribution is 2.32. The van der Waals surface area contributed by atoms with E-state index in [2.05, 4.69) is 10.2 Å². The van der Waals surface area contributed by atoms with E-state index in [0.717, 1.165) is 4.88 Å². The highest BCUT2D eigenvalue weighted by Gasteiger charge is 2.21. The van der Waals surface area contributed by atoms with Crippen molar-refractivity contribution in [1.82, 2.24) is 19.7 Å². The van der Waals surface area contributed by atoms with Gasteiger partial charge in [0, 0.05) is 17.5 Å². The van der Waals surface area contributed by atoms with Crippen LogP contribution in [0, 0.1) is 5.82 Å². The van der Waals surface area contributed by atoms with Crippen LogP contribution in [0.5, 0.6) is 0 Å². The summed E-state index contributed by atoms with van der Waals surface area (Å²) >= 11 is 9.18. The smallest absolute Gasteiger partial charge is 0.233 e. The van der Waals surface area contributed by atoms with Crippen LogP contribution in [0.3, 0.4) is 0 Å². The second-order valence-electron chi connectivity index (χ2n) is 6.69. The quantitative estimate of drug-likeness (QED) is 0.331. The van der Waals surface area contributed by atoms with Gasteiger partial charge in [-0.15, -0.1) is 21.5 Å². The molecule has 0 radical (unpaired) electrons. The van der Waals surface area contributed by atoms with E-state index in [1.54, 1.807) is 58.2 Å². The van der Waals surface area contributed by atoms with Crippen LogP contribution in [0.2, 0.25) is 5.02 Å². The van der Waals surface area contributed by atoms with Gasteiger partial charge in [-0.25, -0.2) is 4.39 Å². The zero-order valence-corrected chi connectivity index (χ0v) is 18.9. The molecule has 0 spiro atoms. The predicted octanol–water partition coefficient (Wildman–Crippen LogP) is 5.54. The van der Waals surface area contributed by atoms with Crippen molar-refractivity contribution in [2.75, 3.05) is 12.8 Å². The van der Waals surface area contributed by atoms with E-state index >= 15 is 0 Å². The van der Waals surface area contributed by atoms with Crippen LogP contribution >= 0.6 is 34.7 Å². The van der Waals surface area contributed by atoms with Crippen LogP contribution < -0.4 is 0 Å². The topological polar surface area (TPSA) is 51.0 Å². The number of rotatable bonds is 7. The van der Waals surface area contributed by atoms with Gasteiger partial charge in [0.1, 0.15) is 5.82 Å². The number of carbonyl (C=O) groups excluding carboxylic acids is 1. The molecular weight excluding hydrogens is 455 g/mol. The Morgan fingerprint density at radius 3 is 2.65 bits per heavy atom. The Kier molecular flexibility index (Phi) is 6.70. The summed E-state index contributed by atoms with van der Waals surface area (Å²) in [5.74, 6) is 0.0914. The second-order valence-corrected chi connectivity index (χ2v) is 9.07. The van der Waals surface area contributed by atoms with E-state index in [0.29, 0.717) is 33.8 Å². The number of benzene rings is 2. The van der Waals surface area contributed by atoms with Crippen molar-refractivity contribution in [2.24, 2.45) is 0 Å². The number of thiophene rings is 1. The molecule has 0 aliphatic rings. The standard InChI is InChI=1S/C22H18ClFN4OS2/c1-27(13-15-7-6-12-30-15)20(29)14-31-22-26-25-21(16-8-2-3-9-17(16)23)28(22)19-11-5-4-10-18(19)24/h2-12H,13-14H2,1H3. The molecule has 0 aliphatic carbocycles. The van der Waals surface area contributed by atoms with Gasteiger partial charge in [0.15, 0.2) is 11.0 Å². The molecular formula is C22H18ClFN4OS2. The lowest BCUT2D eigenvalue weighted by atomic mass is 10.2. The second kappa shape index (κ2) is 9.64. The molecule has 9 heteroatoms. The molecule has 0 unspecified atom stereocenters. The number of aromatic nitrogens is 3. The normalized spacial score (nSPS) is 10.9. The maximum absolute atomic E-state index is 14.7. The lowest BCUT2D eigenvalue weighted by Gasteiger charge is -2.16. The molecule has 0 atom stereocenters. The average Bonchev–Trinajstić information content (AvgIpc) is 3.42. The maximum atomic E-state index is 14.7. The van der Waals surface area contributed by atoms with Crippen molar-refractivity contribution in [2.45, 2.75) is 11.7 Å². The minimum absolute atomic E-state index is 0.0548. The third-order valence-electron chi connectivity index (χ3n) is 4.57. The molecule has 4 rings (SSSR count). The van der Waals surface area contributed by atoms with Crippen LogP contribution in [0.15, 0.2) is 71.2 Å². The Morgan fingerprint density at radius 2 is 1.90 bits per heavy atom. The summed E-state index contributed by atoms with van der Waals surface area (Å²) in [6.45, 7) is 0.544. The van der Waals surface area contributed by atoms with E-state index in [1.807, 2.05) is 29.6 Å². The lowest BCUT2D eigenvalue weighted by molar-refractivity contribution is -0.127. The summed E-state index contributed by atoms with van der Waals surface area (Å²) in [4.78, 5) is 15.4. The molecule has 4 aromatic rings. The maximum Gasteiger partial charge on any atom is 0.233 e. The molecule has 0 saturated carbocycles. The molecule has 1 amide bonds. The Bertz CT molecular complexity index is 1200. The number of carbonyl (C=O) groups is 1. The van der Waals surface area contributed by atoms with E-state index in [-0.39, 0.29) is 11.7 Å². The van der Waals surface area contributed by atoms with Gasteiger partial charge in [0.25, 0.3) is 0 Å². The zero-order chi connectivity index (χ0) is 21.8. The van der Waals surface area contributed by atoms with Gasteiger partial charge < -0.3 is 4.90 Å². The predicted molar refractivity (Wildman–Crippen MR) is 123 cm³/mol. The van der Waals surface area contributed by atoms with Gasteiger partial charge in [0.2, 0.25) is 5.91 Å². The highest BCUT2D eigenvalue weighted by atomic mass is 35.5. The Morgan fingerprint density at radius 1 is 1.13 bits per heavy atom. The summed E-state index contributed by atoms with van der Waals surface area (Å²) in [6.07, 6.45) is 0. The SMILES string of the molecule is CN(Cc1cccs1)C(=O)CSc1nnc(-c2ccccc2Cl)n1-c1ccccc1F. The van der Waals surface area contributed by atoms with E-state index in [1.165, 1.54) is 17.8 Å². The van der Waals surface area contributed by atoms with E-state index in [9.17, 15) is 9.18 Å². The zero-order valence-electron chi connectivity index (χ0n) is 16.5. The van der Waals surface area contributed by atoms with Crippen LogP contribution in [0.25, 0.3) is 17.1 Å². The first-order valence-corrected chi connectivity index (χ1v) is 11.6. The molecule has 2 heterocycles. The number of hydrogen-bond donors (Lipinski definition) is 0. The average molecular weight is 473 g/mol. The molecule has 2 aromatic carbocycles. The van der Waals surface area contributed by atoms with Crippen LogP contribution in [0.1, 0.15) is 4.88 Å². The minimum Gasteiger partial charge on any atom is -0.340 e. The minimum atomic E-state index is -0.418. The van der Waals surface area contributed by atoms with Crippen molar-refractivity contribution in [3.63, 3.8) is 0 Å². The molecule has 0 saturated heterocycles. The molecule has 158 valence electrons. The monoisotopic (exact) mass is 472 g/mol. The molecule has 0 N–H and O–H groups in total. The van der Waals surface area contributed by atoms with Gasteiger partial charge in [-0.2, -0.15) is 0 Å². The third-order valence-corrected chi connectivity index (χ3v) is 6.67. The van der Waals surface area contributed by atoms with Crippen LogP contribution in [0.4, 0.5) is 4.39 Å². The number of halogens is 2. The Balaban J connectivity index is 1.63. The summed E-state index contributed by atoms with van der Waals surface area (Å²) in [6, 6.07) is 17.5. The first kappa shape index (κ1) is 21.5. The number of nitrogens with zero attached hydrogens (tertiary/aromatic N) is 4. The summed E-state index contributed by atoms with van der Waals surface area (Å²) in [7, 11) is 1.76. The Labute approximate surface area is 192 Å². The van der Waals surface area contributed by atoms with Gasteiger partial charge >= 0.3 is 0 Å². The summed E-state index contributed by atoms with van der Waals surface area (Å²) in [5, 5.41) is 11.4. The van der Waals surface area contributed by atoms with Crippen LogP contribution in [-0.2, 0) is 11.3 Å². The number of para-hydroxylation sites is 1. The largest absolute Gasteiger partial charge is 0.340 e. The number of thioether (sulfide) groups is 1. The van der Waals surface area contributed by atoms with Crippen molar-refractivity contribution < 1.29 is 9.18 Å².